The monoisotopic (exact) mass is 313 g/mol. The minimum Gasteiger partial charge on any atom is -0.480 e. The van der Waals surface area contributed by atoms with Gasteiger partial charge in [0.05, 0.1) is 10.6 Å². The normalized spacial score (nSPS) is 11.8. The SMILES string of the molecule is CCCCC(Nc1ncc(C(=O)N(C)C)cc1Cl)C(=O)O. The van der Waals surface area contributed by atoms with Gasteiger partial charge in [0.15, 0.2) is 0 Å². The van der Waals surface area contributed by atoms with E-state index in [9.17, 15) is 14.7 Å². The predicted molar refractivity (Wildman–Crippen MR) is 81.8 cm³/mol. The van der Waals surface area contributed by atoms with Gasteiger partial charge in [-0.2, -0.15) is 0 Å². The minimum atomic E-state index is -0.949. The van der Waals surface area contributed by atoms with E-state index < -0.39 is 12.0 Å². The van der Waals surface area contributed by atoms with Gasteiger partial charge < -0.3 is 15.3 Å². The smallest absolute Gasteiger partial charge is 0.326 e. The summed E-state index contributed by atoms with van der Waals surface area (Å²) in [6.07, 6.45) is 3.57. The van der Waals surface area contributed by atoms with Crippen LogP contribution in [0.2, 0.25) is 5.02 Å². The van der Waals surface area contributed by atoms with E-state index in [4.69, 9.17) is 11.6 Å². The van der Waals surface area contributed by atoms with E-state index in [1.54, 1.807) is 14.1 Å². The third-order valence-electron chi connectivity index (χ3n) is 2.95. The van der Waals surface area contributed by atoms with Gasteiger partial charge in [0.1, 0.15) is 11.9 Å². The molecule has 2 N–H and O–H groups in total. The second kappa shape index (κ2) is 7.83. The summed E-state index contributed by atoms with van der Waals surface area (Å²) in [5.74, 6) is -0.887. The number of carboxylic acid groups (broad SMARTS) is 1. The summed E-state index contributed by atoms with van der Waals surface area (Å²) in [6, 6.07) is 0.739. The molecule has 0 radical (unpaired) electrons. The standard InChI is InChI=1S/C14H20ClN3O3/c1-4-5-6-11(14(20)21)17-12-10(15)7-9(8-16-12)13(19)18(2)3/h7-8,11H,4-6H2,1-3H3,(H,16,17)(H,20,21). The van der Waals surface area contributed by atoms with E-state index in [-0.39, 0.29) is 16.7 Å². The molecule has 0 aromatic carbocycles. The molecule has 1 aromatic rings. The summed E-state index contributed by atoms with van der Waals surface area (Å²) in [6.45, 7) is 1.99. The molecule has 0 aliphatic heterocycles. The summed E-state index contributed by atoms with van der Waals surface area (Å²) in [4.78, 5) is 28.5. The van der Waals surface area contributed by atoms with Crippen LogP contribution in [0, 0.1) is 0 Å². The van der Waals surface area contributed by atoms with E-state index in [1.165, 1.54) is 17.2 Å². The number of nitrogens with zero attached hydrogens (tertiary/aromatic N) is 2. The highest BCUT2D eigenvalue weighted by Crippen LogP contribution is 2.22. The van der Waals surface area contributed by atoms with Crippen molar-refractivity contribution in [3.8, 4) is 0 Å². The van der Waals surface area contributed by atoms with E-state index in [0.29, 0.717) is 12.0 Å². The van der Waals surface area contributed by atoms with Crippen molar-refractivity contribution in [3.05, 3.63) is 22.8 Å². The first-order valence-corrected chi connectivity index (χ1v) is 7.11. The van der Waals surface area contributed by atoms with Crippen molar-refractivity contribution in [2.75, 3.05) is 19.4 Å². The number of rotatable bonds is 7. The van der Waals surface area contributed by atoms with E-state index >= 15 is 0 Å². The van der Waals surface area contributed by atoms with E-state index in [2.05, 4.69) is 10.3 Å². The Kier molecular flexibility index (Phi) is 6.42. The van der Waals surface area contributed by atoms with Crippen molar-refractivity contribution in [1.29, 1.82) is 0 Å². The lowest BCUT2D eigenvalue weighted by Gasteiger charge is -2.16. The van der Waals surface area contributed by atoms with Gasteiger partial charge in [-0.1, -0.05) is 31.4 Å². The summed E-state index contributed by atoms with van der Waals surface area (Å²) in [7, 11) is 3.27. The zero-order chi connectivity index (χ0) is 16.0. The number of amides is 1. The molecule has 1 atom stereocenters. The first-order valence-electron chi connectivity index (χ1n) is 6.73. The van der Waals surface area contributed by atoms with Crippen LogP contribution in [0.25, 0.3) is 0 Å². The van der Waals surface area contributed by atoms with Crippen LogP contribution in [-0.2, 0) is 4.79 Å². The number of unbranched alkanes of at least 4 members (excludes halogenated alkanes) is 1. The number of anilines is 1. The lowest BCUT2D eigenvalue weighted by atomic mass is 10.1. The highest BCUT2D eigenvalue weighted by atomic mass is 35.5. The number of carboxylic acids is 1. The molecule has 6 nitrogen and oxygen atoms in total. The molecule has 21 heavy (non-hydrogen) atoms. The summed E-state index contributed by atoms with van der Waals surface area (Å²) in [5.41, 5.74) is 0.357. The molecule has 116 valence electrons. The van der Waals surface area contributed by atoms with Gasteiger partial charge in [0.25, 0.3) is 5.91 Å². The highest BCUT2D eigenvalue weighted by Gasteiger charge is 2.19. The van der Waals surface area contributed by atoms with Crippen LogP contribution in [0.3, 0.4) is 0 Å². The Balaban J connectivity index is 2.88. The maximum atomic E-state index is 11.8. The van der Waals surface area contributed by atoms with E-state index in [0.717, 1.165) is 12.8 Å². The Morgan fingerprint density at radius 2 is 2.14 bits per heavy atom. The third-order valence-corrected chi connectivity index (χ3v) is 3.24. The van der Waals surface area contributed by atoms with Gasteiger partial charge in [0.2, 0.25) is 0 Å². The Morgan fingerprint density at radius 3 is 2.62 bits per heavy atom. The number of aliphatic carboxylic acids is 1. The van der Waals surface area contributed by atoms with Crippen molar-refractivity contribution in [2.45, 2.75) is 32.2 Å². The van der Waals surface area contributed by atoms with Crippen LogP contribution in [0.5, 0.6) is 0 Å². The number of carbonyl (C=O) groups excluding carboxylic acids is 1. The molecule has 1 unspecified atom stereocenters. The summed E-state index contributed by atoms with van der Waals surface area (Å²) in [5, 5.41) is 12.2. The Morgan fingerprint density at radius 1 is 1.48 bits per heavy atom. The zero-order valence-corrected chi connectivity index (χ0v) is 13.1. The molecule has 1 aromatic heterocycles. The Hall–Kier alpha value is -1.82. The molecular formula is C14H20ClN3O3. The third kappa shape index (κ3) is 4.90. The fourth-order valence-electron chi connectivity index (χ4n) is 1.75. The molecule has 0 fully saturated rings. The number of aromatic nitrogens is 1. The van der Waals surface area contributed by atoms with Crippen LogP contribution in [0.1, 0.15) is 36.5 Å². The molecule has 0 bridgehead atoms. The second-order valence-corrected chi connectivity index (χ2v) is 5.34. The highest BCUT2D eigenvalue weighted by molar-refractivity contribution is 6.33. The number of nitrogens with one attached hydrogen (secondary N) is 1. The quantitative estimate of drug-likeness (QED) is 0.808. The lowest BCUT2D eigenvalue weighted by molar-refractivity contribution is -0.138. The first kappa shape index (κ1) is 17.2. The fourth-order valence-corrected chi connectivity index (χ4v) is 1.97. The van der Waals surface area contributed by atoms with E-state index in [1.807, 2.05) is 6.92 Å². The average molecular weight is 314 g/mol. The Bertz CT molecular complexity index is 520. The molecule has 0 spiro atoms. The molecule has 0 saturated heterocycles. The number of hydrogen-bond donors (Lipinski definition) is 2. The average Bonchev–Trinajstić information content (AvgIpc) is 2.43. The largest absolute Gasteiger partial charge is 0.480 e. The van der Waals surface area contributed by atoms with Crippen molar-refractivity contribution < 1.29 is 14.7 Å². The molecule has 0 aliphatic carbocycles. The van der Waals surface area contributed by atoms with Gasteiger partial charge in [0, 0.05) is 20.3 Å². The first-order chi connectivity index (χ1) is 9.86. The van der Waals surface area contributed by atoms with Crippen molar-refractivity contribution in [2.24, 2.45) is 0 Å². The van der Waals surface area contributed by atoms with Gasteiger partial charge >= 0.3 is 5.97 Å². The number of hydrogen-bond acceptors (Lipinski definition) is 4. The summed E-state index contributed by atoms with van der Waals surface area (Å²) < 4.78 is 0. The van der Waals surface area contributed by atoms with Crippen LogP contribution in [-0.4, -0.2) is 47.0 Å². The second-order valence-electron chi connectivity index (χ2n) is 4.93. The lowest BCUT2D eigenvalue weighted by Crippen LogP contribution is -2.30. The maximum Gasteiger partial charge on any atom is 0.326 e. The van der Waals surface area contributed by atoms with Gasteiger partial charge in [-0.3, -0.25) is 4.79 Å². The molecule has 1 heterocycles. The molecular weight excluding hydrogens is 294 g/mol. The number of carbonyl (C=O) groups is 2. The van der Waals surface area contributed by atoms with Gasteiger partial charge in [-0.15, -0.1) is 0 Å². The number of pyridine rings is 1. The summed E-state index contributed by atoms with van der Waals surface area (Å²) >= 11 is 6.07. The van der Waals surface area contributed by atoms with Crippen LogP contribution >= 0.6 is 11.6 Å². The fraction of sp³-hybridized carbons (Fsp3) is 0.500. The molecule has 0 aliphatic rings. The Labute approximate surface area is 129 Å². The van der Waals surface area contributed by atoms with Crippen molar-refractivity contribution >= 4 is 29.3 Å². The van der Waals surface area contributed by atoms with Crippen LogP contribution in [0.4, 0.5) is 5.82 Å². The van der Waals surface area contributed by atoms with Gasteiger partial charge in [-0.05, 0) is 12.5 Å². The van der Waals surface area contributed by atoms with Crippen LogP contribution in [0.15, 0.2) is 12.3 Å². The topological polar surface area (TPSA) is 82.5 Å². The zero-order valence-electron chi connectivity index (χ0n) is 12.4. The molecule has 1 rings (SSSR count). The maximum absolute atomic E-state index is 11.8. The molecule has 1 amide bonds. The minimum absolute atomic E-state index is 0.211. The van der Waals surface area contributed by atoms with Crippen molar-refractivity contribution in [1.82, 2.24) is 9.88 Å². The van der Waals surface area contributed by atoms with Crippen molar-refractivity contribution in [3.63, 3.8) is 0 Å². The predicted octanol–water partition coefficient (Wildman–Crippen LogP) is 2.49. The number of halogens is 1. The van der Waals surface area contributed by atoms with Crippen LogP contribution < -0.4 is 5.32 Å². The molecule has 0 saturated carbocycles. The molecule has 7 heteroatoms. The van der Waals surface area contributed by atoms with Gasteiger partial charge in [-0.25, -0.2) is 9.78 Å².